The number of hydrogen-bond acceptors (Lipinski definition) is 5. The van der Waals surface area contributed by atoms with Gasteiger partial charge in [-0.25, -0.2) is 4.98 Å². The lowest BCUT2D eigenvalue weighted by Gasteiger charge is -2.18. The summed E-state index contributed by atoms with van der Waals surface area (Å²) in [7, 11) is 0. The smallest absolute Gasteiger partial charge is 0.394 e. The van der Waals surface area contributed by atoms with E-state index in [9.17, 15) is 18.0 Å². The monoisotopic (exact) mass is 323 g/mol. The minimum absolute atomic E-state index is 0.196. The molecule has 0 aromatic carbocycles. The molecular formula is C12H16F3N3O2S. The van der Waals surface area contributed by atoms with Crippen LogP contribution in [0, 0.1) is 11.8 Å². The van der Waals surface area contributed by atoms with Crippen LogP contribution in [-0.2, 0) is 10.2 Å². The van der Waals surface area contributed by atoms with Gasteiger partial charge in [0.2, 0.25) is 5.13 Å². The molecule has 0 saturated carbocycles. The van der Waals surface area contributed by atoms with E-state index in [4.69, 9.17) is 5.11 Å². The number of carboxylic acid groups (broad SMARTS) is 1. The lowest BCUT2D eigenvalue weighted by atomic mass is 9.96. The molecule has 0 aliphatic carbocycles. The van der Waals surface area contributed by atoms with Crippen LogP contribution in [0.5, 0.6) is 0 Å². The van der Waals surface area contributed by atoms with E-state index < -0.39 is 24.0 Å². The first-order valence-corrected chi connectivity index (χ1v) is 7.16. The van der Waals surface area contributed by atoms with Crippen molar-refractivity contribution < 1.29 is 23.1 Å². The second-order valence-corrected chi connectivity index (χ2v) is 6.88. The molecule has 1 saturated heterocycles. The first-order valence-electron chi connectivity index (χ1n) is 6.39. The molecule has 1 aliphatic rings. The number of anilines is 1. The fourth-order valence-corrected chi connectivity index (χ4v) is 3.07. The molecule has 5 nitrogen and oxygen atoms in total. The first kappa shape index (κ1) is 16.0. The largest absolute Gasteiger partial charge is 0.481 e. The van der Waals surface area contributed by atoms with Gasteiger partial charge in [-0.15, -0.1) is 0 Å². The highest BCUT2D eigenvalue weighted by Gasteiger charge is 2.53. The van der Waals surface area contributed by atoms with Crippen LogP contribution in [0.1, 0.15) is 26.6 Å². The lowest BCUT2D eigenvalue weighted by molar-refractivity contribution is -0.187. The van der Waals surface area contributed by atoms with Crippen LogP contribution >= 0.6 is 11.5 Å². The highest BCUT2D eigenvalue weighted by Crippen LogP contribution is 2.40. The van der Waals surface area contributed by atoms with Gasteiger partial charge in [0.1, 0.15) is 5.82 Å². The van der Waals surface area contributed by atoms with Gasteiger partial charge >= 0.3 is 12.1 Å². The number of nitrogens with zero attached hydrogens (tertiary/aromatic N) is 3. The molecule has 9 heteroatoms. The Bertz CT molecular complexity index is 539. The second kappa shape index (κ2) is 5.11. The van der Waals surface area contributed by atoms with Crippen LogP contribution in [0.15, 0.2) is 0 Å². The van der Waals surface area contributed by atoms with E-state index in [2.05, 4.69) is 9.36 Å². The second-order valence-electron chi connectivity index (χ2n) is 6.15. The molecule has 0 unspecified atom stereocenters. The summed E-state index contributed by atoms with van der Waals surface area (Å²) >= 11 is 1.00. The maximum atomic E-state index is 12.9. The zero-order chi connectivity index (χ0) is 16.0. The fraction of sp³-hybridized carbons (Fsp3) is 0.750. The maximum absolute atomic E-state index is 12.9. The van der Waals surface area contributed by atoms with Gasteiger partial charge in [0.05, 0.1) is 11.8 Å². The van der Waals surface area contributed by atoms with Crippen molar-refractivity contribution in [3.8, 4) is 0 Å². The average molecular weight is 323 g/mol. The number of carbonyl (C=O) groups is 1. The Morgan fingerprint density at radius 3 is 2.33 bits per heavy atom. The minimum atomic E-state index is -4.53. The van der Waals surface area contributed by atoms with Gasteiger partial charge in [-0.2, -0.15) is 17.5 Å². The van der Waals surface area contributed by atoms with Crippen molar-refractivity contribution in [2.75, 3.05) is 18.0 Å². The van der Waals surface area contributed by atoms with Gasteiger partial charge in [0.25, 0.3) is 0 Å². The Kier molecular flexibility index (Phi) is 3.90. The van der Waals surface area contributed by atoms with Crippen LogP contribution < -0.4 is 4.90 Å². The summed E-state index contributed by atoms with van der Waals surface area (Å²) in [6, 6.07) is 0. The van der Waals surface area contributed by atoms with Crippen LogP contribution in [0.2, 0.25) is 0 Å². The van der Waals surface area contributed by atoms with Crippen LogP contribution in [0.3, 0.4) is 0 Å². The standard InChI is InChI=1S/C12H16F3N3O2S/c1-11(2,3)9-16-10(21-17-9)18-4-6(8(19)20)7(5-18)12(13,14)15/h6-7H,4-5H2,1-3H3,(H,19,20)/t6-,7-/m1/s1. The molecule has 0 spiro atoms. The molecular weight excluding hydrogens is 307 g/mol. The Morgan fingerprint density at radius 1 is 1.33 bits per heavy atom. The molecule has 1 N–H and O–H groups in total. The fourth-order valence-electron chi connectivity index (χ4n) is 2.19. The minimum Gasteiger partial charge on any atom is -0.481 e. The third-order valence-electron chi connectivity index (χ3n) is 3.41. The number of aliphatic carboxylic acids is 1. The summed E-state index contributed by atoms with van der Waals surface area (Å²) in [4.78, 5) is 16.7. The number of aromatic nitrogens is 2. The quantitative estimate of drug-likeness (QED) is 0.906. The highest BCUT2D eigenvalue weighted by molar-refractivity contribution is 7.09. The van der Waals surface area contributed by atoms with E-state index in [1.54, 1.807) is 0 Å². The SMILES string of the molecule is CC(C)(C)c1nsc(N2C[C@@H](C(F)(F)F)[C@H](C(=O)O)C2)n1. The average Bonchev–Trinajstić information content (AvgIpc) is 2.93. The summed E-state index contributed by atoms with van der Waals surface area (Å²) in [5.74, 6) is -4.23. The zero-order valence-electron chi connectivity index (χ0n) is 11.8. The van der Waals surface area contributed by atoms with Gasteiger partial charge in [-0.1, -0.05) is 20.8 Å². The first-order chi connectivity index (χ1) is 9.50. The van der Waals surface area contributed by atoms with E-state index in [1.165, 1.54) is 4.90 Å². The van der Waals surface area contributed by atoms with Crippen molar-refractivity contribution in [3.63, 3.8) is 0 Å². The van der Waals surface area contributed by atoms with E-state index >= 15 is 0 Å². The number of hydrogen-bond donors (Lipinski definition) is 1. The Morgan fingerprint density at radius 2 is 1.95 bits per heavy atom. The normalized spacial score (nSPS) is 23.6. The molecule has 2 atom stereocenters. The van der Waals surface area contributed by atoms with Gasteiger partial charge in [0.15, 0.2) is 0 Å². The van der Waals surface area contributed by atoms with E-state index in [1.807, 2.05) is 20.8 Å². The predicted octanol–water partition coefficient (Wildman–Crippen LogP) is 2.53. The van der Waals surface area contributed by atoms with Crippen molar-refractivity contribution in [2.45, 2.75) is 32.4 Å². The maximum Gasteiger partial charge on any atom is 0.394 e. The number of halogens is 3. The van der Waals surface area contributed by atoms with E-state index in [0.717, 1.165) is 11.5 Å². The van der Waals surface area contributed by atoms with Gasteiger partial charge in [0, 0.05) is 30.0 Å². The van der Waals surface area contributed by atoms with Gasteiger partial charge in [-0.3, -0.25) is 4.79 Å². The van der Waals surface area contributed by atoms with Crippen LogP contribution in [0.25, 0.3) is 0 Å². The van der Waals surface area contributed by atoms with Crippen LogP contribution in [0.4, 0.5) is 18.3 Å². The molecule has 0 radical (unpaired) electrons. The Balaban J connectivity index is 2.23. The summed E-state index contributed by atoms with van der Waals surface area (Å²) in [5, 5.41) is 9.33. The van der Waals surface area contributed by atoms with Gasteiger partial charge in [-0.05, 0) is 0 Å². The Labute approximate surface area is 124 Å². The molecule has 1 aromatic heterocycles. The van der Waals surface area contributed by atoms with Crippen molar-refractivity contribution in [1.82, 2.24) is 9.36 Å². The molecule has 1 aliphatic heterocycles. The predicted molar refractivity (Wildman–Crippen MR) is 71.5 cm³/mol. The topological polar surface area (TPSA) is 66.3 Å². The van der Waals surface area contributed by atoms with Crippen LogP contribution in [-0.4, -0.2) is 39.7 Å². The molecule has 0 amide bonds. The Hall–Kier alpha value is -1.38. The van der Waals surface area contributed by atoms with Crippen molar-refractivity contribution >= 4 is 22.6 Å². The van der Waals surface area contributed by atoms with Crippen molar-refractivity contribution in [2.24, 2.45) is 11.8 Å². The molecule has 1 aromatic rings. The molecule has 1 fully saturated rings. The molecule has 118 valence electrons. The summed E-state index contributed by atoms with van der Waals surface area (Å²) in [5.41, 5.74) is -0.301. The third kappa shape index (κ3) is 3.28. The summed E-state index contributed by atoms with van der Waals surface area (Å²) in [6.07, 6.45) is -4.53. The highest BCUT2D eigenvalue weighted by atomic mass is 32.1. The molecule has 2 heterocycles. The van der Waals surface area contributed by atoms with Crippen molar-refractivity contribution in [1.29, 1.82) is 0 Å². The molecule has 0 bridgehead atoms. The van der Waals surface area contributed by atoms with E-state index in [0.29, 0.717) is 11.0 Å². The lowest BCUT2D eigenvalue weighted by Crippen LogP contribution is -2.33. The van der Waals surface area contributed by atoms with E-state index in [-0.39, 0.29) is 18.5 Å². The number of rotatable bonds is 2. The number of alkyl halides is 3. The zero-order valence-corrected chi connectivity index (χ0v) is 12.6. The third-order valence-corrected chi connectivity index (χ3v) is 4.19. The van der Waals surface area contributed by atoms with Crippen molar-refractivity contribution in [3.05, 3.63) is 5.82 Å². The molecule has 21 heavy (non-hydrogen) atoms. The summed E-state index contributed by atoms with van der Waals surface area (Å²) < 4.78 is 42.9. The van der Waals surface area contributed by atoms with Gasteiger partial charge < -0.3 is 10.0 Å². The summed E-state index contributed by atoms with van der Waals surface area (Å²) in [6.45, 7) is 5.13. The molecule has 2 rings (SSSR count). The number of carboxylic acids is 1.